The van der Waals surface area contributed by atoms with Crippen LogP contribution in [0, 0.1) is 0 Å². The van der Waals surface area contributed by atoms with Crippen LogP contribution in [0.1, 0.15) is 32.1 Å². The van der Waals surface area contributed by atoms with Crippen LogP contribution in [0.4, 0.5) is 0 Å². The molecule has 1 saturated carbocycles. The van der Waals surface area contributed by atoms with Crippen molar-refractivity contribution in [1.29, 1.82) is 0 Å². The number of carboxylic acid groups (broad SMARTS) is 1. The van der Waals surface area contributed by atoms with E-state index in [0.29, 0.717) is 12.8 Å². The van der Waals surface area contributed by atoms with Crippen molar-refractivity contribution < 1.29 is 19.8 Å². The van der Waals surface area contributed by atoms with E-state index >= 15 is 0 Å². The lowest BCUT2D eigenvalue weighted by molar-refractivity contribution is -0.150. The molecule has 0 aromatic rings. The Balaban J connectivity index is 2.15. The van der Waals surface area contributed by atoms with Crippen molar-refractivity contribution in [2.75, 3.05) is 6.54 Å². The highest BCUT2D eigenvalue weighted by Crippen LogP contribution is 2.31. The van der Waals surface area contributed by atoms with Crippen LogP contribution in [0.2, 0.25) is 0 Å². The van der Waals surface area contributed by atoms with Gasteiger partial charge in [-0.25, -0.2) is 4.79 Å². The van der Waals surface area contributed by atoms with Crippen molar-refractivity contribution in [3.63, 3.8) is 0 Å². The van der Waals surface area contributed by atoms with E-state index in [-0.39, 0.29) is 18.9 Å². The zero-order valence-corrected chi connectivity index (χ0v) is 9.63. The second-order valence-electron chi connectivity index (χ2n) is 5.06. The Morgan fingerprint density at radius 2 is 1.88 bits per heavy atom. The number of aliphatic hydroxyl groups excluding tert-OH is 1. The van der Waals surface area contributed by atoms with E-state index in [1.807, 2.05) is 0 Å². The monoisotopic (exact) mass is 242 g/mol. The topological polar surface area (TPSA) is 104 Å². The van der Waals surface area contributed by atoms with Crippen LogP contribution in [-0.2, 0) is 9.59 Å². The number of carbonyl (C=O) groups is 2. The Morgan fingerprint density at radius 3 is 2.41 bits per heavy atom. The number of nitrogens with two attached hydrogens (primary N) is 1. The molecule has 2 fully saturated rings. The predicted molar refractivity (Wildman–Crippen MR) is 59.1 cm³/mol. The SMILES string of the molecule is NC1(C(=O)N2C[C@H](O)C[C@H]2C(=O)O)CCCC1. The lowest BCUT2D eigenvalue weighted by Crippen LogP contribution is -2.56. The highest BCUT2D eigenvalue weighted by molar-refractivity contribution is 5.90. The largest absolute Gasteiger partial charge is 0.480 e. The van der Waals surface area contributed by atoms with Crippen LogP contribution >= 0.6 is 0 Å². The molecule has 0 spiro atoms. The molecule has 0 aromatic heterocycles. The number of rotatable bonds is 2. The average molecular weight is 242 g/mol. The van der Waals surface area contributed by atoms with E-state index in [9.17, 15) is 14.7 Å². The Kier molecular flexibility index (Phi) is 3.09. The molecule has 1 saturated heterocycles. The summed E-state index contributed by atoms with van der Waals surface area (Å²) in [4.78, 5) is 24.5. The van der Waals surface area contributed by atoms with Crippen molar-refractivity contribution in [3.8, 4) is 0 Å². The highest BCUT2D eigenvalue weighted by Gasteiger charge is 2.47. The van der Waals surface area contributed by atoms with Gasteiger partial charge >= 0.3 is 5.97 Å². The summed E-state index contributed by atoms with van der Waals surface area (Å²) in [6.45, 7) is 0.0781. The molecule has 1 amide bonds. The molecule has 2 rings (SSSR count). The summed E-state index contributed by atoms with van der Waals surface area (Å²) in [6, 6.07) is -0.932. The summed E-state index contributed by atoms with van der Waals surface area (Å²) in [6.07, 6.45) is 2.34. The van der Waals surface area contributed by atoms with Gasteiger partial charge in [-0.05, 0) is 12.8 Å². The number of hydrogen-bond acceptors (Lipinski definition) is 4. The minimum absolute atomic E-state index is 0.0781. The van der Waals surface area contributed by atoms with Crippen LogP contribution in [-0.4, -0.2) is 51.2 Å². The lowest BCUT2D eigenvalue weighted by atomic mass is 9.97. The summed E-state index contributed by atoms with van der Waals surface area (Å²) in [5.41, 5.74) is 5.11. The zero-order chi connectivity index (χ0) is 12.6. The van der Waals surface area contributed by atoms with E-state index in [1.54, 1.807) is 0 Å². The standard InChI is InChI=1S/C11H18N2O4/c12-11(3-1-2-4-11)10(17)13-6-7(14)5-8(13)9(15)16/h7-8,14H,1-6,12H2,(H,15,16)/t7-,8+/m1/s1. The first-order chi connectivity index (χ1) is 7.94. The number of nitrogens with zero attached hydrogens (tertiary/aromatic N) is 1. The number of carbonyl (C=O) groups excluding carboxylic acids is 1. The number of aliphatic carboxylic acids is 1. The molecule has 4 N–H and O–H groups in total. The molecule has 2 atom stereocenters. The minimum Gasteiger partial charge on any atom is -0.480 e. The zero-order valence-electron chi connectivity index (χ0n) is 9.63. The summed E-state index contributed by atoms with van der Waals surface area (Å²) in [5.74, 6) is -1.39. The summed E-state index contributed by atoms with van der Waals surface area (Å²) >= 11 is 0. The third-order valence-electron chi connectivity index (χ3n) is 3.75. The van der Waals surface area contributed by atoms with Gasteiger partial charge in [0, 0.05) is 13.0 Å². The molecule has 6 nitrogen and oxygen atoms in total. The van der Waals surface area contributed by atoms with Gasteiger partial charge in [0.25, 0.3) is 0 Å². The molecule has 0 radical (unpaired) electrons. The van der Waals surface area contributed by atoms with Crippen LogP contribution < -0.4 is 5.73 Å². The molecule has 0 aromatic carbocycles. The number of carboxylic acids is 1. The van der Waals surface area contributed by atoms with Gasteiger partial charge in [-0.15, -0.1) is 0 Å². The maximum Gasteiger partial charge on any atom is 0.326 e. The van der Waals surface area contributed by atoms with Crippen LogP contribution in [0.3, 0.4) is 0 Å². The molecule has 17 heavy (non-hydrogen) atoms. The van der Waals surface area contributed by atoms with Gasteiger partial charge < -0.3 is 20.8 Å². The summed E-state index contributed by atoms with van der Waals surface area (Å²) in [5, 5.41) is 18.5. The minimum atomic E-state index is -1.07. The quantitative estimate of drug-likeness (QED) is 0.594. The van der Waals surface area contributed by atoms with E-state index in [1.165, 1.54) is 4.90 Å². The van der Waals surface area contributed by atoms with Crippen molar-refractivity contribution in [2.24, 2.45) is 5.73 Å². The molecule has 96 valence electrons. The molecule has 6 heteroatoms. The van der Waals surface area contributed by atoms with Gasteiger partial charge in [-0.3, -0.25) is 4.79 Å². The van der Waals surface area contributed by atoms with Gasteiger partial charge in [0.05, 0.1) is 11.6 Å². The normalized spacial score (nSPS) is 31.8. The molecular formula is C11H18N2O4. The summed E-state index contributed by atoms with van der Waals surface area (Å²) in [7, 11) is 0. The van der Waals surface area contributed by atoms with Crippen LogP contribution in [0.15, 0.2) is 0 Å². The fourth-order valence-electron chi connectivity index (χ4n) is 2.78. The lowest BCUT2D eigenvalue weighted by Gasteiger charge is -2.30. The molecule has 0 bridgehead atoms. The predicted octanol–water partition coefficient (Wildman–Crippen LogP) is -0.696. The smallest absolute Gasteiger partial charge is 0.326 e. The fraction of sp³-hybridized carbons (Fsp3) is 0.818. The molecule has 1 aliphatic carbocycles. The summed E-state index contributed by atoms with van der Waals surface area (Å²) < 4.78 is 0. The van der Waals surface area contributed by atoms with E-state index in [0.717, 1.165) is 12.8 Å². The number of β-amino-alcohol motifs (C(OH)–C–C–N with tert-alkyl or cyclic N) is 1. The molecular weight excluding hydrogens is 224 g/mol. The van der Waals surface area contributed by atoms with E-state index in [4.69, 9.17) is 10.8 Å². The highest BCUT2D eigenvalue weighted by atomic mass is 16.4. The molecule has 1 heterocycles. The maximum atomic E-state index is 12.3. The van der Waals surface area contributed by atoms with Crippen LogP contribution in [0.5, 0.6) is 0 Å². The van der Waals surface area contributed by atoms with Crippen LogP contribution in [0.25, 0.3) is 0 Å². The third-order valence-corrected chi connectivity index (χ3v) is 3.75. The number of likely N-dealkylation sites (tertiary alicyclic amines) is 1. The third kappa shape index (κ3) is 2.14. The van der Waals surface area contributed by atoms with E-state index in [2.05, 4.69) is 0 Å². The molecule has 1 aliphatic heterocycles. The van der Waals surface area contributed by atoms with Crippen molar-refractivity contribution >= 4 is 11.9 Å². The second-order valence-corrected chi connectivity index (χ2v) is 5.06. The van der Waals surface area contributed by atoms with Crippen molar-refractivity contribution in [2.45, 2.75) is 49.8 Å². The number of aliphatic hydroxyl groups is 1. The Hall–Kier alpha value is -1.14. The molecule has 2 aliphatic rings. The second kappa shape index (κ2) is 4.27. The van der Waals surface area contributed by atoms with Gasteiger partial charge in [-0.2, -0.15) is 0 Å². The van der Waals surface area contributed by atoms with Crippen molar-refractivity contribution in [1.82, 2.24) is 4.90 Å². The first kappa shape index (κ1) is 12.3. The number of hydrogen-bond donors (Lipinski definition) is 3. The molecule has 0 unspecified atom stereocenters. The Bertz CT molecular complexity index is 338. The van der Waals surface area contributed by atoms with Gasteiger partial charge in [0.15, 0.2) is 0 Å². The fourth-order valence-corrected chi connectivity index (χ4v) is 2.78. The first-order valence-electron chi connectivity index (χ1n) is 5.95. The number of amides is 1. The first-order valence-corrected chi connectivity index (χ1v) is 5.95. The maximum absolute atomic E-state index is 12.3. The van der Waals surface area contributed by atoms with E-state index < -0.39 is 23.7 Å². The van der Waals surface area contributed by atoms with Gasteiger partial charge in [0.1, 0.15) is 6.04 Å². The van der Waals surface area contributed by atoms with Crippen molar-refractivity contribution in [3.05, 3.63) is 0 Å². The Morgan fingerprint density at radius 1 is 1.29 bits per heavy atom. The van der Waals surface area contributed by atoms with Gasteiger partial charge in [-0.1, -0.05) is 12.8 Å². The Labute approximate surface area is 99.4 Å². The average Bonchev–Trinajstić information content (AvgIpc) is 2.84. The van der Waals surface area contributed by atoms with Gasteiger partial charge in [0.2, 0.25) is 5.91 Å².